The average Bonchev–Trinajstić information content (AvgIpc) is 2.32. The monoisotopic (exact) mass is 250 g/mol. The van der Waals surface area contributed by atoms with Crippen LogP contribution in [0.3, 0.4) is 0 Å². The summed E-state index contributed by atoms with van der Waals surface area (Å²) < 4.78 is 5.77. The van der Waals surface area contributed by atoms with Gasteiger partial charge in [-0.05, 0) is 37.8 Å². The van der Waals surface area contributed by atoms with Gasteiger partial charge in [0.05, 0.1) is 4.92 Å². The molecule has 1 fully saturated rings. The van der Waals surface area contributed by atoms with E-state index in [2.05, 4.69) is 0 Å². The number of nitro groups is 1. The molecular formula is C13H18N2O3. The molecule has 0 radical (unpaired) electrons. The van der Waals surface area contributed by atoms with E-state index in [1.807, 2.05) is 6.92 Å². The summed E-state index contributed by atoms with van der Waals surface area (Å²) in [5.74, 6) is 0.336. The third-order valence-corrected chi connectivity index (χ3v) is 3.34. The van der Waals surface area contributed by atoms with Crippen molar-refractivity contribution in [2.75, 3.05) is 0 Å². The highest BCUT2D eigenvalue weighted by Gasteiger charge is 2.26. The molecule has 0 saturated heterocycles. The second-order valence-electron chi connectivity index (χ2n) is 4.83. The Bertz CT molecular complexity index is 448. The second kappa shape index (κ2) is 5.35. The highest BCUT2D eigenvalue weighted by atomic mass is 16.6. The van der Waals surface area contributed by atoms with Crippen LogP contribution in [0.2, 0.25) is 0 Å². The SMILES string of the molecule is Cc1ccc([N+](=O)[O-])c(OC2CCCCC2N)c1. The van der Waals surface area contributed by atoms with Gasteiger partial charge in [0, 0.05) is 12.1 Å². The van der Waals surface area contributed by atoms with Gasteiger partial charge < -0.3 is 10.5 Å². The van der Waals surface area contributed by atoms with Crippen molar-refractivity contribution in [3.8, 4) is 5.75 Å². The Kier molecular flexibility index (Phi) is 3.81. The van der Waals surface area contributed by atoms with E-state index in [0.717, 1.165) is 31.2 Å². The minimum Gasteiger partial charge on any atom is -0.482 e. The van der Waals surface area contributed by atoms with Crippen LogP contribution in [0.15, 0.2) is 18.2 Å². The molecule has 0 aliphatic heterocycles. The van der Waals surface area contributed by atoms with E-state index in [1.165, 1.54) is 6.07 Å². The summed E-state index contributed by atoms with van der Waals surface area (Å²) in [6.07, 6.45) is 3.85. The molecule has 0 spiro atoms. The average molecular weight is 250 g/mol. The smallest absolute Gasteiger partial charge is 0.310 e. The first-order valence-electron chi connectivity index (χ1n) is 6.25. The van der Waals surface area contributed by atoms with Crippen molar-refractivity contribution in [2.45, 2.75) is 44.8 Å². The van der Waals surface area contributed by atoms with Crippen molar-refractivity contribution in [1.29, 1.82) is 0 Å². The van der Waals surface area contributed by atoms with Gasteiger partial charge >= 0.3 is 5.69 Å². The van der Waals surface area contributed by atoms with Gasteiger partial charge in [0.15, 0.2) is 5.75 Å². The van der Waals surface area contributed by atoms with Crippen LogP contribution in [0.1, 0.15) is 31.2 Å². The Morgan fingerprint density at radius 3 is 2.78 bits per heavy atom. The van der Waals surface area contributed by atoms with E-state index in [4.69, 9.17) is 10.5 Å². The predicted molar refractivity (Wildman–Crippen MR) is 68.7 cm³/mol. The molecule has 5 heteroatoms. The van der Waals surface area contributed by atoms with Crippen LogP contribution in [-0.2, 0) is 0 Å². The summed E-state index contributed by atoms with van der Waals surface area (Å²) in [5.41, 5.74) is 6.95. The van der Waals surface area contributed by atoms with Crippen molar-refractivity contribution in [3.05, 3.63) is 33.9 Å². The van der Waals surface area contributed by atoms with Gasteiger partial charge in [0.1, 0.15) is 6.10 Å². The Labute approximate surface area is 106 Å². The van der Waals surface area contributed by atoms with Crippen molar-refractivity contribution >= 4 is 5.69 Å². The van der Waals surface area contributed by atoms with Crippen molar-refractivity contribution in [3.63, 3.8) is 0 Å². The number of rotatable bonds is 3. The van der Waals surface area contributed by atoms with Gasteiger partial charge in [-0.2, -0.15) is 0 Å². The van der Waals surface area contributed by atoms with Crippen LogP contribution < -0.4 is 10.5 Å². The fraction of sp³-hybridized carbons (Fsp3) is 0.538. The van der Waals surface area contributed by atoms with Gasteiger partial charge in [0.25, 0.3) is 0 Å². The zero-order valence-electron chi connectivity index (χ0n) is 10.5. The molecule has 1 aliphatic carbocycles. The molecule has 18 heavy (non-hydrogen) atoms. The molecule has 1 aromatic rings. The maximum absolute atomic E-state index is 11.0. The van der Waals surface area contributed by atoms with Crippen molar-refractivity contribution in [2.24, 2.45) is 5.73 Å². The van der Waals surface area contributed by atoms with E-state index in [-0.39, 0.29) is 17.8 Å². The zero-order chi connectivity index (χ0) is 13.1. The van der Waals surface area contributed by atoms with Crippen molar-refractivity contribution in [1.82, 2.24) is 0 Å². The zero-order valence-corrected chi connectivity index (χ0v) is 10.5. The van der Waals surface area contributed by atoms with Crippen LogP contribution in [0.25, 0.3) is 0 Å². The fourth-order valence-corrected chi connectivity index (χ4v) is 2.30. The summed E-state index contributed by atoms with van der Waals surface area (Å²) in [7, 11) is 0. The molecule has 2 N–H and O–H groups in total. The molecule has 2 unspecified atom stereocenters. The van der Waals surface area contributed by atoms with E-state index in [0.29, 0.717) is 5.75 Å². The molecule has 98 valence electrons. The van der Waals surface area contributed by atoms with Crippen LogP contribution in [0, 0.1) is 17.0 Å². The molecule has 2 rings (SSSR count). The molecule has 0 bridgehead atoms. The summed E-state index contributed by atoms with van der Waals surface area (Å²) >= 11 is 0. The number of nitrogens with two attached hydrogens (primary N) is 1. The van der Waals surface area contributed by atoms with Gasteiger partial charge in [-0.25, -0.2) is 0 Å². The normalized spacial score (nSPS) is 23.7. The lowest BCUT2D eigenvalue weighted by Gasteiger charge is -2.28. The lowest BCUT2D eigenvalue weighted by Crippen LogP contribution is -2.41. The highest BCUT2D eigenvalue weighted by molar-refractivity contribution is 5.48. The lowest BCUT2D eigenvalue weighted by molar-refractivity contribution is -0.386. The van der Waals surface area contributed by atoms with Crippen LogP contribution in [0.5, 0.6) is 5.75 Å². The molecule has 0 amide bonds. The Balaban J connectivity index is 2.21. The third kappa shape index (κ3) is 2.79. The first-order chi connectivity index (χ1) is 8.58. The lowest BCUT2D eigenvalue weighted by atomic mass is 9.93. The molecule has 1 saturated carbocycles. The molecule has 0 aromatic heterocycles. The fourth-order valence-electron chi connectivity index (χ4n) is 2.30. The first kappa shape index (κ1) is 12.8. The Hall–Kier alpha value is -1.62. The third-order valence-electron chi connectivity index (χ3n) is 3.34. The molecule has 0 heterocycles. The molecule has 1 aromatic carbocycles. The first-order valence-corrected chi connectivity index (χ1v) is 6.25. The van der Waals surface area contributed by atoms with E-state index in [1.54, 1.807) is 12.1 Å². The minimum atomic E-state index is -0.414. The van der Waals surface area contributed by atoms with Gasteiger partial charge in [-0.15, -0.1) is 0 Å². The maximum Gasteiger partial charge on any atom is 0.310 e. The number of nitrogens with zero attached hydrogens (tertiary/aromatic N) is 1. The molecule has 5 nitrogen and oxygen atoms in total. The van der Waals surface area contributed by atoms with Gasteiger partial charge in [-0.3, -0.25) is 10.1 Å². The standard InChI is InChI=1S/C13H18N2O3/c1-9-6-7-11(15(16)17)13(8-9)18-12-5-3-2-4-10(12)14/h6-8,10,12H,2-5,14H2,1H3. The number of hydrogen-bond acceptors (Lipinski definition) is 4. The minimum absolute atomic E-state index is 0.0124. The summed E-state index contributed by atoms with van der Waals surface area (Å²) in [4.78, 5) is 10.5. The number of nitro benzene ring substituents is 1. The van der Waals surface area contributed by atoms with Crippen LogP contribution in [-0.4, -0.2) is 17.1 Å². The number of aryl methyl sites for hydroxylation is 1. The van der Waals surface area contributed by atoms with Gasteiger partial charge in [0.2, 0.25) is 0 Å². The van der Waals surface area contributed by atoms with E-state index >= 15 is 0 Å². The van der Waals surface area contributed by atoms with Crippen LogP contribution >= 0.6 is 0 Å². The molecule has 2 atom stereocenters. The summed E-state index contributed by atoms with van der Waals surface area (Å²) in [6.45, 7) is 1.89. The summed E-state index contributed by atoms with van der Waals surface area (Å²) in [5, 5.41) is 11.0. The molecule has 1 aliphatic rings. The molecular weight excluding hydrogens is 232 g/mol. The predicted octanol–water partition coefficient (Wildman–Crippen LogP) is 2.55. The number of benzene rings is 1. The quantitative estimate of drug-likeness (QED) is 0.660. The Morgan fingerprint density at radius 1 is 1.39 bits per heavy atom. The topological polar surface area (TPSA) is 78.4 Å². The number of hydrogen-bond donors (Lipinski definition) is 1. The summed E-state index contributed by atoms with van der Waals surface area (Å²) in [6, 6.07) is 4.88. The van der Waals surface area contributed by atoms with E-state index in [9.17, 15) is 10.1 Å². The van der Waals surface area contributed by atoms with Gasteiger partial charge in [-0.1, -0.05) is 12.5 Å². The van der Waals surface area contributed by atoms with Crippen LogP contribution in [0.4, 0.5) is 5.69 Å². The number of ether oxygens (including phenoxy) is 1. The largest absolute Gasteiger partial charge is 0.482 e. The second-order valence-corrected chi connectivity index (χ2v) is 4.83. The Morgan fingerprint density at radius 2 is 2.11 bits per heavy atom. The van der Waals surface area contributed by atoms with E-state index < -0.39 is 4.92 Å². The highest BCUT2D eigenvalue weighted by Crippen LogP contribution is 2.31. The maximum atomic E-state index is 11.0. The van der Waals surface area contributed by atoms with Crippen molar-refractivity contribution < 1.29 is 9.66 Å².